The third-order valence-corrected chi connectivity index (χ3v) is 4.62. The normalized spacial score (nSPS) is 26.1. The first-order valence-corrected chi connectivity index (χ1v) is 7.52. The quantitative estimate of drug-likeness (QED) is 0.867. The minimum Gasteiger partial charge on any atom is -0.382 e. The highest BCUT2D eigenvalue weighted by Gasteiger charge is 2.40. The highest BCUT2D eigenvalue weighted by Crippen LogP contribution is 2.32. The number of rotatable bonds is 3. The van der Waals surface area contributed by atoms with Gasteiger partial charge in [0.15, 0.2) is 0 Å². The van der Waals surface area contributed by atoms with E-state index in [0.29, 0.717) is 18.7 Å². The number of aromatic amines is 1. The minimum absolute atomic E-state index is 0.557. The number of β-amino-alcohol motifs (C(OH)–C–C–N with tert-alkyl or cyclic N) is 1. The standard InChI is InChI=1S/C14H19N5O2/c20-14(13-7-15-18-16-13)5-6-19(9-14)8-11-10-3-1-2-4-12(10)21-17-11/h7,20H,1-6,8-9H2,(H,15,16,18). The van der Waals surface area contributed by atoms with Gasteiger partial charge >= 0.3 is 0 Å². The van der Waals surface area contributed by atoms with E-state index in [2.05, 4.69) is 25.5 Å². The van der Waals surface area contributed by atoms with Gasteiger partial charge in [0.1, 0.15) is 22.7 Å². The summed E-state index contributed by atoms with van der Waals surface area (Å²) in [5.74, 6) is 1.06. The van der Waals surface area contributed by atoms with E-state index in [1.54, 1.807) is 6.20 Å². The summed E-state index contributed by atoms with van der Waals surface area (Å²) in [5.41, 5.74) is 2.04. The zero-order valence-electron chi connectivity index (χ0n) is 11.9. The van der Waals surface area contributed by atoms with Gasteiger partial charge in [0.25, 0.3) is 0 Å². The Morgan fingerprint density at radius 1 is 1.38 bits per heavy atom. The van der Waals surface area contributed by atoms with Crippen molar-refractivity contribution in [3.8, 4) is 0 Å². The van der Waals surface area contributed by atoms with Gasteiger partial charge in [0, 0.05) is 31.6 Å². The molecule has 2 aliphatic rings. The number of nitrogens with zero attached hydrogens (tertiary/aromatic N) is 4. The number of hydrogen-bond donors (Lipinski definition) is 2. The van der Waals surface area contributed by atoms with E-state index in [0.717, 1.165) is 37.4 Å². The van der Waals surface area contributed by atoms with Crippen molar-refractivity contribution in [2.24, 2.45) is 0 Å². The summed E-state index contributed by atoms with van der Waals surface area (Å²) in [7, 11) is 0. The number of aryl methyl sites for hydroxylation is 1. The molecule has 1 unspecified atom stereocenters. The first-order valence-electron chi connectivity index (χ1n) is 7.52. The Labute approximate surface area is 122 Å². The summed E-state index contributed by atoms with van der Waals surface area (Å²) >= 11 is 0. The van der Waals surface area contributed by atoms with Crippen LogP contribution in [0.15, 0.2) is 10.7 Å². The maximum absolute atomic E-state index is 10.7. The molecule has 21 heavy (non-hydrogen) atoms. The van der Waals surface area contributed by atoms with Crippen molar-refractivity contribution in [2.45, 2.75) is 44.2 Å². The second-order valence-electron chi connectivity index (χ2n) is 6.09. The first kappa shape index (κ1) is 13.0. The van der Waals surface area contributed by atoms with Gasteiger partial charge in [-0.1, -0.05) is 5.16 Å². The fourth-order valence-electron chi connectivity index (χ4n) is 3.43. The summed E-state index contributed by atoms with van der Waals surface area (Å²) < 4.78 is 5.46. The molecule has 0 aromatic carbocycles. The van der Waals surface area contributed by atoms with Crippen LogP contribution in [0.3, 0.4) is 0 Å². The predicted molar refractivity (Wildman–Crippen MR) is 73.3 cm³/mol. The van der Waals surface area contributed by atoms with E-state index >= 15 is 0 Å². The lowest BCUT2D eigenvalue weighted by Gasteiger charge is -2.20. The summed E-state index contributed by atoms with van der Waals surface area (Å²) in [6.07, 6.45) is 6.74. The van der Waals surface area contributed by atoms with Crippen molar-refractivity contribution in [3.05, 3.63) is 28.9 Å². The van der Waals surface area contributed by atoms with Crippen LogP contribution < -0.4 is 0 Å². The molecule has 1 fully saturated rings. The fourth-order valence-corrected chi connectivity index (χ4v) is 3.43. The molecule has 0 saturated carbocycles. The van der Waals surface area contributed by atoms with Crippen LogP contribution in [0.2, 0.25) is 0 Å². The molecule has 0 spiro atoms. The molecule has 2 aromatic heterocycles. The monoisotopic (exact) mass is 289 g/mol. The summed E-state index contributed by atoms with van der Waals surface area (Å²) in [5, 5.41) is 25.3. The number of aromatic nitrogens is 4. The van der Waals surface area contributed by atoms with Gasteiger partial charge in [0.05, 0.1) is 6.20 Å². The number of fused-ring (bicyclic) bond motifs is 1. The van der Waals surface area contributed by atoms with Crippen LogP contribution >= 0.6 is 0 Å². The molecule has 3 heterocycles. The average molecular weight is 289 g/mol. The Balaban J connectivity index is 1.48. The second-order valence-corrected chi connectivity index (χ2v) is 6.09. The SMILES string of the molecule is OC1(c2cn[nH]n2)CCN(Cc2noc3c2CCCC3)C1. The molecule has 7 heteroatoms. The van der Waals surface area contributed by atoms with Crippen molar-refractivity contribution >= 4 is 0 Å². The number of likely N-dealkylation sites (tertiary alicyclic amines) is 1. The molecule has 4 rings (SSSR count). The molecule has 0 radical (unpaired) electrons. The van der Waals surface area contributed by atoms with Crippen molar-refractivity contribution in [3.63, 3.8) is 0 Å². The molecule has 2 aromatic rings. The van der Waals surface area contributed by atoms with Crippen molar-refractivity contribution < 1.29 is 9.63 Å². The molecule has 0 amide bonds. The zero-order valence-corrected chi connectivity index (χ0v) is 11.9. The van der Waals surface area contributed by atoms with Gasteiger partial charge in [-0.3, -0.25) is 4.90 Å². The topological polar surface area (TPSA) is 91.1 Å². The van der Waals surface area contributed by atoms with Gasteiger partial charge in [-0.15, -0.1) is 0 Å². The zero-order chi connectivity index (χ0) is 14.3. The average Bonchev–Trinajstić information content (AvgIpc) is 3.21. The van der Waals surface area contributed by atoms with E-state index in [1.165, 1.54) is 18.4 Å². The van der Waals surface area contributed by atoms with Crippen molar-refractivity contribution in [2.75, 3.05) is 13.1 Å². The van der Waals surface area contributed by atoms with Crippen LogP contribution in [0.25, 0.3) is 0 Å². The molecule has 1 aliphatic carbocycles. The lowest BCUT2D eigenvalue weighted by atomic mass is 9.96. The largest absolute Gasteiger partial charge is 0.382 e. The summed E-state index contributed by atoms with van der Waals surface area (Å²) in [6, 6.07) is 0. The molecular formula is C14H19N5O2. The number of nitrogens with one attached hydrogen (secondary N) is 1. The third kappa shape index (κ3) is 2.26. The van der Waals surface area contributed by atoms with Crippen LogP contribution in [0.5, 0.6) is 0 Å². The molecule has 1 aliphatic heterocycles. The Hall–Kier alpha value is -1.73. The highest BCUT2D eigenvalue weighted by atomic mass is 16.5. The predicted octanol–water partition coefficient (Wildman–Crippen LogP) is 0.765. The van der Waals surface area contributed by atoms with E-state index in [4.69, 9.17) is 4.52 Å². The number of aliphatic hydroxyl groups is 1. The number of H-pyrrole nitrogens is 1. The van der Waals surface area contributed by atoms with Crippen LogP contribution in [-0.4, -0.2) is 43.7 Å². The smallest absolute Gasteiger partial charge is 0.140 e. The molecule has 0 bridgehead atoms. The molecule has 2 N–H and O–H groups in total. The van der Waals surface area contributed by atoms with E-state index < -0.39 is 5.60 Å². The van der Waals surface area contributed by atoms with E-state index in [-0.39, 0.29) is 0 Å². The van der Waals surface area contributed by atoms with Crippen LogP contribution in [-0.2, 0) is 25.0 Å². The number of hydrogen-bond acceptors (Lipinski definition) is 6. The molecule has 112 valence electrons. The molecule has 1 atom stereocenters. The Morgan fingerprint density at radius 2 is 2.29 bits per heavy atom. The molecule has 7 nitrogen and oxygen atoms in total. The summed E-state index contributed by atoms with van der Waals surface area (Å²) in [4.78, 5) is 2.21. The van der Waals surface area contributed by atoms with Crippen molar-refractivity contribution in [1.82, 2.24) is 25.5 Å². The minimum atomic E-state index is -0.906. The highest BCUT2D eigenvalue weighted by molar-refractivity contribution is 5.25. The lowest BCUT2D eigenvalue weighted by Crippen LogP contribution is -2.31. The van der Waals surface area contributed by atoms with Crippen LogP contribution in [0, 0.1) is 0 Å². The lowest BCUT2D eigenvalue weighted by molar-refractivity contribution is 0.0406. The van der Waals surface area contributed by atoms with Gasteiger partial charge in [-0.2, -0.15) is 15.4 Å². The van der Waals surface area contributed by atoms with Gasteiger partial charge in [-0.25, -0.2) is 0 Å². The van der Waals surface area contributed by atoms with Gasteiger partial charge in [-0.05, 0) is 25.7 Å². The Bertz CT molecular complexity index is 623. The Kier molecular flexibility index (Phi) is 3.04. The first-order chi connectivity index (χ1) is 10.2. The second kappa shape index (κ2) is 4.92. The molecular weight excluding hydrogens is 270 g/mol. The molecule has 1 saturated heterocycles. The fraction of sp³-hybridized carbons (Fsp3) is 0.643. The Morgan fingerprint density at radius 3 is 3.14 bits per heavy atom. The maximum atomic E-state index is 10.7. The maximum Gasteiger partial charge on any atom is 0.140 e. The van der Waals surface area contributed by atoms with Crippen molar-refractivity contribution in [1.29, 1.82) is 0 Å². The summed E-state index contributed by atoms with van der Waals surface area (Å²) in [6.45, 7) is 2.12. The van der Waals surface area contributed by atoms with Gasteiger partial charge in [0.2, 0.25) is 0 Å². The van der Waals surface area contributed by atoms with Crippen LogP contribution in [0.4, 0.5) is 0 Å². The van der Waals surface area contributed by atoms with Crippen LogP contribution in [0.1, 0.15) is 42.0 Å². The van der Waals surface area contributed by atoms with E-state index in [1.807, 2.05) is 0 Å². The van der Waals surface area contributed by atoms with Gasteiger partial charge < -0.3 is 9.63 Å². The van der Waals surface area contributed by atoms with E-state index in [9.17, 15) is 5.11 Å². The third-order valence-electron chi connectivity index (χ3n) is 4.62.